The topological polar surface area (TPSA) is 41.1 Å². The number of alkyl halides is 3. The number of hydrogen-bond acceptors (Lipinski definition) is 2. The standard InChI is InChI=1S/C14H16ClF3N2O/c15-10-1-2-12(11(8-10)14(16,17)18)20-13(21)7-9-3-5-19-6-4-9/h1-2,8-9,19H,3-7H2,(H,20,21). The molecule has 3 nitrogen and oxygen atoms in total. The number of rotatable bonds is 3. The molecule has 1 aromatic carbocycles. The van der Waals surface area contributed by atoms with Crippen molar-refractivity contribution in [2.45, 2.75) is 25.4 Å². The molecule has 1 amide bonds. The Bertz CT molecular complexity index is 513. The second kappa shape index (κ2) is 6.66. The summed E-state index contributed by atoms with van der Waals surface area (Å²) in [5.74, 6) is -0.178. The van der Waals surface area contributed by atoms with Gasteiger partial charge >= 0.3 is 6.18 Å². The number of carbonyl (C=O) groups is 1. The Morgan fingerprint density at radius 2 is 2.00 bits per heavy atom. The molecule has 0 saturated carbocycles. The Hall–Kier alpha value is -1.27. The minimum absolute atomic E-state index is 0.0151. The Labute approximate surface area is 125 Å². The lowest BCUT2D eigenvalue weighted by atomic mass is 9.94. The van der Waals surface area contributed by atoms with Crippen molar-refractivity contribution in [2.24, 2.45) is 5.92 Å². The van der Waals surface area contributed by atoms with Gasteiger partial charge in [0.05, 0.1) is 11.3 Å². The van der Waals surface area contributed by atoms with Crippen molar-refractivity contribution in [1.82, 2.24) is 5.32 Å². The number of amides is 1. The molecule has 0 bridgehead atoms. The number of hydrogen-bond donors (Lipinski definition) is 2. The first-order valence-electron chi connectivity index (χ1n) is 6.73. The summed E-state index contributed by atoms with van der Waals surface area (Å²) in [6.45, 7) is 1.68. The van der Waals surface area contributed by atoms with Gasteiger partial charge in [0, 0.05) is 11.4 Å². The predicted molar refractivity (Wildman–Crippen MR) is 75.3 cm³/mol. The summed E-state index contributed by atoms with van der Waals surface area (Å²) in [7, 11) is 0. The Morgan fingerprint density at radius 3 is 2.62 bits per heavy atom. The first-order chi connectivity index (χ1) is 9.86. The van der Waals surface area contributed by atoms with Gasteiger partial charge in [0.1, 0.15) is 0 Å². The molecule has 0 radical (unpaired) electrons. The smallest absolute Gasteiger partial charge is 0.325 e. The third-order valence-electron chi connectivity index (χ3n) is 3.49. The Morgan fingerprint density at radius 1 is 1.33 bits per heavy atom. The van der Waals surface area contributed by atoms with Gasteiger partial charge in [-0.2, -0.15) is 13.2 Å². The van der Waals surface area contributed by atoms with Gasteiger partial charge in [-0.15, -0.1) is 0 Å². The molecule has 2 N–H and O–H groups in total. The van der Waals surface area contributed by atoms with E-state index in [4.69, 9.17) is 11.6 Å². The molecule has 2 rings (SSSR count). The van der Waals surface area contributed by atoms with Crippen LogP contribution in [0.2, 0.25) is 5.02 Å². The highest BCUT2D eigenvalue weighted by Gasteiger charge is 2.34. The first-order valence-corrected chi connectivity index (χ1v) is 7.11. The monoisotopic (exact) mass is 320 g/mol. The van der Waals surface area contributed by atoms with Crippen molar-refractivity contribution in [1.29, 1.82) is 0 Å². The van der Waals surface area contributed by atoms with E-state index in [0.717, 1.165) is 32.0 Å². The van der Waals surface area contributed by atoms with Crippen molar-refractivity contribution >= 4 is 23.2 Å². The van der Waals surface area contributed by atoms with E-state index in [1.807, 2.05) is 0 Å². The third-order valence-corrected chi connectivity index (χ3v) is 3.73. The molecule has 0 aliphatic carbocycles. The molecular weight excluding hydrogens is 305 g/mol. The maximum absolute atomic E-state index is 12.9. The summed E-state index contributed by atoms with van der Waals surface area (Å²) in [6, 6.07) is 3.34. The zero-order valence-electron chi connectivity index (χ0n) is 11.3. The maximum Gasteiger partial charge on any atom is 0.418 e. The predicted octanol–water partition coefficient (Wildman–Crippen LogP) is 3.69. The van der Waals surface area contributed by atoms with E-state index in [1.54, 1.807) is 0 Å². The molecular formula is C14H16ClF3N2O. The first kappa shape index (κ1) is 16.1. The summed E-state index contributed by atoms with van der Waals surface area (Å²) in [4.78, 5) is 11.9. The molecule has 0 spiro atoms. The van der Waals surface area contributed by atoms with Gasteiger partial charge in [0.2, 0.25) is 5.91 Å². The number of benzene rings is 1. The fourth-order valence-corrected chi connectivity index (χ4v) is 2.58. The second-order valence-electron chi connectivity index (χ2n) is 5.13. The van der Waals surface area contributed by atoms with Crippen LogP contribution in [0.15, 0.2) is 18.2 Å². The quantitative estimate of drug-likeness (QED) is 0.892. The summed E-state index contributed by atoms with van der Waals surface area (Å²) >= 11 is 5.60. The van der Waals surface area contributed by atoms with Crippen LogP contribution >= 0.6 is 11.6 Å². The molecule has 0 unspecified atom stereocenters. The normalized spacial score (nSPS) is 16.8. The minimum atomic E-state index is -4.55. The molecule has 21 heavy (non-hydrogen) atoms. The molecule has 1 saturated heterocycles. The summed E-state index contributed by atoms with van der Waals surface area (Å²) in [6.07, 6.45) is -2.59. The average Bonchev–Trinajstić information content (AvgIpc) is 2.40. The third kappa shape index (κ3) is 4.61. The summed E-state index contributed by atoms with van der Waals surface area (Å²) in [5, 5.41) is 5.52. The fraction of sp³-hybridized carbons (Fsp3) is 0.500. The molecule has 116 valence electrons. The van der Waals surface area contributed by atoms with Gasteiger partial charge in [-0.1, -0.05) is 11.6 Å². The lowest BCUT2D eigenvalue weighted by molar-refractivity contribution is -0.137. The molecule has 1 aliphatic rings. The molecule has 1 fully saturated rings. The van der Waals surface area contributed by atoms with Gasteiger partial charge in [0.25, 0.3) is 0 Å². The van der Waals surface area contributed by atoms with Crippen LogP contribution in [0.3, 0.4) is 0 Å². The van der Waals surface area contributed by atoms with Crippen molar-refractivity contribution in [3.8, 4) is 0 Å². The molecule has 1 heterocycles. The van der Waals surface area contributed by atoms with Crippen molar-refractivity contribution in [3.63, 3.8) is 0 Å². The lowest BCUT2D eigenvalue weighted by Crippen LogP contribution is -2.30. The van der Waals surface area contributed by atoms with Crippen LogP contribution in [0.4, 0.5) is 18.9 Å². The lowest BCUT2D eigenvalue weighted by Gasteiger charge is -2.22. The highest BCUT2D eigenvalue weighted by atomic mass is 35.5. The average molecular weight is 321 g/mol. The van der Waals surface area contributed by atoms with E-state index in [9.17, 15) is 18.0 Å². The van der Waals surface area contributed by atoms with Gasteiger partial charge in [-0.05, 0) is 50.0 Å². The maximum atomic E-state index is 12.9. The molecule has 1 aromatic rings. The van der Waals surface area contributed by atoms with Gasteiger partial charge in [0.15, 0.2) is 0 Å². The zero-order chi connectivity index (χ0) is 15.5. The van der Waals surface area contributed by atoms with Gasteiger partial charge < -0.3 is 10.6 Å². The van der Waals surface area contributed by atoms with Crippen LogP contribution in [0, 0.1) is 5.92 Å². The highest BCUT2D eigenvalue weighted by Crippen LogP contribution is 2.36. The molecule has 1 aliphatic heterocycles. The van der Waals surface area contributed by atoms with E-state index < -0.39 is 17.6 Å². The molecule has 0 aromatic heterocycles. The van der Waals surface area contributed by atoms with E-state index >= 15 is 0 Å². The largest absolute Gasteiger partial charge is 0.418 e. The van der Waals surface area contributed by atoms with Crippen LogP contribution in [-0.4, -0.2) is 19.0 Å². The van der Waals surface area contributed by atoms with E-state index in [0.29, 0.717) is 0 Å². The number of anilines is 1. The summed E-state index contributed by atoms with van der Waals surface area (Å²) < 4.78 is 38.8. The Balaban J connectivity index is 2.06. The van der Waals surface area contributed by atoms with Gasteiger partial charge in [-0.25, -0.2) is 0 Å². The second-order valence-corrected chi connectivity index (χ2v) is 5.57. The van der Waals surface area contributed by atoms with Gasteiger partial charge in [-0.3, -0.25) is 4.79 Å². The van der Waals surface area contributed by atoms with E-state index in [1.165, 1.54) is 12.1 Å². The number of nitrogens with one attached hydrogen (secondary N) is 2. The zero-order valence-corrected chi connectivity index (χ0v) is 12.0. The summed E-state index contributed by atoms with van der Waals surface area (Å²) in [5.41, 5.74) is -1.17. The van der Waals surface area contributed by atoms with Crippen LogP contribution in [0.5, 0.6) is 0 Å². The van der Waals surface area contributed by atoms with Crippen molar-refractivity contribution in [2.75, 3.05) is 18.4 Å². The number of carbonyl (C=O) groups excluding carboxylic acids is 1. The van der Waals surface area contributed by atoms with Crippen LogP contribution < -0.4 is 10.6 Å². The molecule has 0 atom stereocenters. The SMILES string of the molecule is O=C(CC1CCNCC1)Nc1ccc(Cl)cc1C(F)(F)F. The Kier molecular flexibility index (Phi) is 5.11. The van der Waals surface area contributed by atoms with Crippen LogP contribution in [0.25, 0.3) is 0 Å². The van der Waals surface area contributed by atoms with E-state index in [2.05, 4.69) is 10.6 Å². The minimum Gasteiger partial charge on any atom is -0.325 e. The fourth-order valence-electron chi connectivity index (χ4n) is 2.41. The number of piperidine rings is 1. The molecule has 7 heteroatoms. The van der Waals surface area contributed by atoms with Crippen molar-refractivity contribution in [3.05, 3.63) is 28.8 Å². The van der Waals surface area contributed by atoms with Crippen LogP contribution in [0.1, 0.15) is 24.8 Å². The number of halogens is 4. The van der Waals surface area contributed by atoms with Crippen molar-refractivity contribution < 1.29 is 18.0 Å². The highest BCUT2D eigenvalue weighted by molar-refractivity contribution is 6.30. The van der Waals surface area contributed by atoms with E-state index in [-0.39, 0.29) is 23.0 Å². The van der Waals surface area contributed by atoms with Crippen LogP contribution in [-0.2, 0) is 11.0 Å².